The average Bonchev–Trinajstić information content (AvgIpc) is 2.90. The van der Waals surface area contributed by atoms with Gasteiger partial charge < -0.3 is 9.47 Å². The highest BCUT2D eigenvalue weighted by molar-refractivity contribution is 5.91. The molecule has 0 aliphatic heterocycles. The van der Waals surface area contributed by atoms with Crippen molar-refractivity contribution in [3.63, 3.8) is 0 Å². The van der Waals surface area contributed by atoms with Crippen molar-refractivity contribution in [2.45, 2.75) is 5.54 Å². The first-order valence-electron chi connectivity index (χ1n) is 11.0. The van der Waals surface area contributed by atoms with Crippen LogP contribution in [0.5, 0.6) is 11.5 Å². The monoisotopic (exact) mass is 447 g/mol. The summed E-state index contributed by atoms with van der Waals surface area (Å²) < 4.78 is 11.5. The Labute approximate surface area is 199 Å². The van der Waals surface area contributed by atoms with Crippen LogP contribution in [0.3, 0.4) is 0 Å². The molecule has 0 heterocycles. The minimum absolute atomic E-state index is 0.0934. The van der Waals surface area contributed by atoms with E-state index in [9.17, 15) is 4.79 Å². The zero-order chi connectivity index (χ0) is 23.6. The Balaban J connectivity index is 1.77. The maximum Gasteiger partial charge on any atom is 0.343 e. The number of benzene rings is 4. The second-order valence-electron chi connectivity index (χ2n) is 7.58. The molecule has 0 N–H and O–H groups in total. The van der Waals surface area contributed by atoms with Gasteiger partial charge in [0.2, 0.25) is 5.54 Å². The second-order valence-corrected chi connectivity index (χ2v) is 7.58. The van der Waals surface area contributed by atoms with Crippen molar-refractivity contribution in [1.29, 1.82) is 0 Å². The van der Waals surface area contributed by atoms with Crippen molar-refractivity contribution in [2.24, 2.45) is 4.99 Å². The summed E-state index contributed by atoms with van der Waals surface area (Å²) in [6, 6.07) is 36.0. The average molecular weight is 448 g/mol. The van der Waals surface area contributed by atoms with Gasteiger partial charge in [0.25, 0.3) is 0 Å². The lowest BCUT2D eigenvalue weighted by Crippen LogP contribution is -2.37. The van der Waals surface area contributed by atoms with E-state index in [1.165, 1.54) is 0 Å². The van der Waals surface area contributed by atoms with E-state index in [1.54, 1.807) is 12.3 Å². The number of carbonyl (C=O) groups is 1. The normalized spacial score (nSPS) is 11.2. The molecule has 0 aliphatic rings. The van der Waals surface area contributed by atoms with Crippen LogP contribution < -0.4 is 4.74 Å². The number of nitrogens with zero attached hydrogens (tertiary/aromatic N) is 1. The number of hydrogen-bond donors (Lipinski definition) is 0. The molecule has 0 fully saturated rings. The van der Waals surface area contributed by atoms with Crippen LogP contribution in [0.4, 0.5) is 0 Å². The molecule has 0 aromatic heterocycles. The summed E-state index contributed by atoms with van der Waals surface area (Å²) in [4.78, 5) is 18.4. The van der Waals surface area contributed by atoms with Gasteiger partial charge in [-0.3, -0.25) is 4.99 Å². The molecule has 0 amide bonds. The van der Waals surface area contributed by atoms with Gasteiger partial charge in [0.15, 0.2) is 0 Å². The summed E-state index contributed by atoms with van der Waals surface area (Å²) in [5, 5.41) is 0. The smallest absolute Gasteiger partial charge is 0.343 e. The van der Waals surface area contributed by atoms with Crippen LogP contribution in [0.25, 0.3) is 0 Å². The van der Waals surface area contributed by atoms with Gasteiger partial charge in [-0.1, -0.05) is 104 Å². The highest BCUT2D eigenvalue weighted by Gasteiger charge is 2.43. The van der Waals surface area contributed by atoms with Crippen LogP contribution in [-0.4, -0.2) is 18.8 Å². The minimum atomic E-state index is -1.37. The molecule has 0 saturated carbocycles. The van der Waals surface area contributed by atoms with Crippen LogP contribution in [-0.2, 0) is 15.1 Å². The van der Waals surface area contributed by atoms with Gasteiger partial charge in [0, 0.05) is 6.21 Å². The molecule has 4 rings (SSSR count). The third-order valence-electron chi connectivity index (χ3n) is 5.26. The lowest BCUT2D eigenvalue weighted by molar-refractivity contribution is -0.147. The van der Waals surface area contributed by atoms with Crippen LogP contribution >= 0.6 is 0 Å². The lowest BCUT2D eigenvalue weighted by atomic mass is 9.83. The topological polar surface area (TPSA) is 47.9 Å². The van der Waals surface area contributed by atoms with E-state index in [2.05, 4.69) is 6.58 Å². The fraction of sp³-hybridized carbons (Fsp3) is 0.0667. The Hall–Kier alpha value is -4.44. The van der Waals surface area contributed by atoms with Gasteiger partial charge in [0.1, 0.15) is 18.1 Å². The summed E-state index contributed by atoms with van der Waals surface area (Å²) in [5.74, 6) is 0.944. The molecule has 4 nitrogen and oxygen atoms in total. The summed E-state index contributed by atoms with van der Waals surface area (Å²) in [7, 11) is 0. The Morgan fingerprint density at radius 3 is 1.91 bits per heavy atom. The predicted octanol–water partition coefficient (Wildman–Crippen LogP) is 6.57. The summed E-state index contributed by atoms with van der Waals surface area (Å²) in [5.41, 5.74) is 0.842. The molecule has 168 valence electrons. The van der Waals surface area contributed by atoms with E-state index in [1.807, 2.05) is 115 Å². The Morgan fingerprint density at radius 1 is 0.765 bits per heavy atom. The second kappa shape index (κ2) is 10.9. The van der Waals surface area contributed by atoms with E-state index < -0.39 is 11.5 Å². The highest BCUT2D eigenvalue weighted by Crippen LogP contribution is 2.35. The van der Waals surface area contributed by atoms with Gasteiger partial charge >= 0.3 is 5.97 Å². The zero-order valence-corrected chi connectivity index (χ0v) is 18.7. The summed E-state index contributed by atoms with van der Waals surface area (Å²) >= 11 is 0. The van der Waals surface area contributed by atoms with Crippen LogP contribution in [0, 0.1) is 0 Å². The van der Waals surface area contributed by atoms with E-state index >= 15 is 0 Å². The van der Waals surface area contributed by atoms with Crippen molar-refractivity contribution in [3.05, 3.63) is 145 Å². The maximum absolute atomic E-state index is 13.5. The van der Waals surface area contributed by atoms with Gasteiger partial charge in [-0.25, -0.2) is 4.79 Å². The number of carbonyl (C=O) groups excluding carboxylic acids is 1. The number of ether oxygens (including phenoxy) is 2. The Bertz CT molecular complexity index is 1210. The maximum atomic E-state index is 13.5. The van der Waals surface area contributed by atoms with Gasteiger partial charge in [-0.15, -0.1) is 0 Å². The van der Waals surface area contributed by atoms with Gasteiger partial charge in [-0.2, -0.15) is 0 Å². The molecule has 4 aromatic carbocycles. The molecular formula is C30H25NO3. The quantitative estimate of drug-likeness (QED) is 0.166. The lowest BCUT2D eigenvalue weighted by Gasteiger charge is -2.28. The van der Waals surface area contributed by atoms with Crippen molar-refractivity contribution in [1.82, 2.24) is 0 Å². The van der Waals surface area contributed by atoms with E-state index in [4.69, 9.17) is 14.5 Å². The Morgan fingerprint density at radius 2 is 1.32 bits per heavy atom. The first kappa shape index (κ1) is 22.7. The molecule has 0 radical (unpaired) electrons. The highest BCUT2D eigenvalue weighted by atomic mass is 16.5. The summed E-state index contributed by atoms with van der Waals surface area (Å²) in [6.07, 6.45) is 3.24. The molecule has 0 bridgehead atoms. The van der Waals surface area contributed by atoms with E-state index in [0.29, 0.717) is 16.9 Å². The number of para-hydroxylation sites is 1. The molecular weight excluding hydrogens is 422 g/mol. The Kier molecular flexibility index (Phi) is 7.31. The molecule has 0 atom stereocenters. The SMILES string of the molecule is C=CCOC(=O)C(N=Cc1cccc(Oc2ccccc2)c1)(c1ccccc1)c1ccccc1. The molecule has 34 heavy (non-hydrogen) atoms. The fourth-order valence-corrected chi connectivity index (χ4v) is 3.66. The number of rotatable bonds is 9. The van der Waals surface area contributed by atoms with E-state index in [0.717, 1.165) is 11.3 Å². The standard InChI is InChI=1S/C30H25NO3/c1-2-21-33-29(32)30(25-14-6-3-7-15-25,26-16-8-4-9-17-26)31-23-24-13-12-20-28(22-24)34-27-18-10-5-11-19-27/h2-20,22-23H,1,21H2. The molecule has 0 aliphatic carbocycles. The van der Waals surface area contributed by atoms with Gasteiger partial charge in [0.05, 0.1) is 0 Å². The van der Waals surface area contributed by atoms with Crippen LogP contribution in [0.2, 0.25) is 0 Å². The van der Waals surface area contributed by atoms with Crippen LogP contribution in [0.1, 0.15) is 16.7 Å². The first-order valence-corrected chi connectivity index (χ1v) is 11.0. The summed E-state index contributed by atoms with van der Waals surface area (Å²) in [6.45, 7) is 3.76. The molecule has 0 spiro atoms. The zero-order valence-electron chi connectivity index (χ0n) is 18.7. The molecule has 0 saturated heterocycles. The van der Waals surface area contributed by atoms with E-state index in [-0.39, 0.29) is 6.61 Å². The molecule has 0 unspecified atom stereocenters. The van der Waals surface area contributed by atoms with Crippen molar-refractivity contribution >= 4 is 12.2 Å². The first-order chi connectivity index (χ1) is 16.7. The number of hydrogen-bond acceptors (Lipinski definition) is 4. The molecule has 4 aromatic rings. The van der Waals surface area contributed by atoms with Crippen molar-refractivity contribution < 1.29 is 14.3 Å². The number of esters is 1. The third-order valence-corrected chi connectivity index (χ3v) is 5.26. The van der Waals surface area contributed by atoms with Crippen molar-refractivity contribution in [3.8, 4) is 11.5 Å². The largest absolute Gasteiger partial charge is 0.459 e. The van der Waals surface area contributed by atoms with Gasteiger partial charge in [-0.05, 0) is 41.0 Å². The minimum Gasteiger partial charge on any atom is -0.459 e. The molecule has 4 heteroatoms. The fourth-order valence-electron chi connectivity index (χ4n) is 3.66. The number of aliphatic imine (C=N–C) groups is 1. The predicted molar refractivity (Wildman–Crippen MR) is 135 cm³/mol. The van der Waals surface area contributed by atoms with Crippen LogP contribution in [0.15, 0.2) is 133 Å². The van der Waals surface area contributed by atoms with Crippen molar-refractivity contribution in [2.75, 3.05) is 6.61 Å². The third kappa shape index (κ3) is 5.13.